The van der Waals surface area contributed by atoms with Crippen LogP contribution in [-0.4, -0.2) is 23.0 Å². The van der Waals surface area contributed by atoms with Gasteiger partial charge in [-0.25, -0.2) is 0 Å². The molecule has 1 aliphatic heterocycles. The van der Waals surface area contributed by atoms with Gasteiger partial charge in [-0.2, -0.15) is 5.10 Å². The second-order valence-electron chi connectivity index (χ2n) is 4.35. The monoisotopic (exact) mass is 194 g/mol. The zero-order chi connectivity index (χ0) is 9.97. The average molecular weight is 194 g/mol. The summed E-state index contributed by atoms with van der Waals surface area (Å²) in [7, 11) is 0. The van der Waals surface area contributed by atoms with Crippen molar-refractivity contribution < 1.29 is 4.74 Å². The molecular formula is C11H18N2O. The first-order valence-electron chi connectivity index (χ1n) is 5.37. The van der Waals surface area contributed by atoms with E-state index >= 15 is 0 Å². The molecule has 0 N–H and O–H groups in total. The van der Waals surface area contributed by atoms with Crippen LogP contribution >= 0.6 is 0 Å². The second-order valence-corrected chi connectivity index (χ2v) is 4.35. The van der Waals surface area contributed by atoms with Gasteiger partial charge >= 0.3 is 0 Å². The maximum Gasteiger partial charge on any atom is 0.0649 e. The lowest BCUT2D eigenvalue weighted by Gasteiger charge is -2.07. The van der Waals surface area contributed by atoms with Crippen LogP contribution in [0.3, 0.4) is 0 Å². The fourth-order valence-corrected chi connectivity index (χ4v) is 1.78. The molecule has 0 aliphatic carbocycles. The third-order valence-electron chi connectivity index (χ3n) is 2.72. The predicted octanol–water partition coefficient (Wildman–Crippen LogP) is 2.04. The highest BCUT2D eigenvalue weighted by atomic mass is 16.5. The number of nitrogens with zero attached hydrogens (tertiary/aromatic N) is 2. The van der Waals surface area contributed by atoms with Crippen molar-refractivity contribution in [1.29, 1.82) is 0 Å². The van der Waals surface area contributed by atoms with E-state index < -0.39 is 0 Å². The van der Waals surface area contributed by atoms with Gasteiger partial charge in [0.25, 0.3) is 0 Å². The summed E-state index contributed by atoms with van der Waals surface area (Å²) in [6.07, 6.45) is 3.25. The number of hydrogen-bond donors (Lipinski definition) is 0. The fourth-order valence-electron chi connectivity index (χ4n) is 1.78. The van der Waals surface area contributed by atoms with Crippen molar-refractivity contribution in [3.8, 4) is 0 Å². The predicted molar refractivity (Wildman–Crippen MR) is 55.2 cm³/mol. The first-order chi connectivity index (χ1) is 6.75. The fraction of sp³-hybridized carbons (Fsp3) is 0.727. The Balaban J connectivity index is 1.95. The Labute approximate surface area is 85.1 Å². The molecule has 2 rings (SSSR count). The molecule has 0 aromatic carbocycles. The lowest BCUT2D eigenvalue weighted by molar-refractivity contribution is 0.181. The molecule has 0 radical (unpaired) electrons. The van der Waals surface area contributed by atoms with E-state index in [-0.39, 0.29) is 0 Å². The maximum atomic E-state index is 5.34. The lowest BCUT2D eigenvalue weighted by Crippen LogP contribution is -2.11. The largest absolute Gasteiger partial charge is 0.381 e. The van der Waals surface area contributed by atoms with Crippen LogP contribution in [0.2, 0.25) is 0 Å². The molecule has 0 amide bonds. The molecule has 0 saturated carbocycles. The van der Waals surface area contributed by atoms with Crippen molar-refractivity contribution in [3.05, 3.63) is 18.0 Å². The summed E-state index contributed by atoms with van der Waals surface area (Å²) in [5.74, 6) is 1.19. The van der Waals surface area contributed by atoms with Gasteiger partial charge in [0.15, 0.2) is 0 Å². The molecule has 78 valence electrons. The van der Waals surface area contributed by atoms with Crippen molar-refractivity contribution in [3.63, 3.8) is 0 Å². The first kappa shape index (κ1) is 9.71. The third-order valence-corrected chi connectivity index (χ3v) is 2.72. The number of rotatable bonds is 3. The molecule has 1 aromatic rings. The first-order valence-corrected chi connectivity index (χ1v) is 5.37. The summed E-state index contributed by atoms with van der Waals surface area (Å²) in [6, 6.07) is 2.11. The minimum atomic E-state index is 0.524. The SMILES string of the molecule is CC(C)c1ccn(CC2CCOC2)n1. The molecule has 1 unspecified atom stereocenters. The minimum absolute atomic E-state index is 0.524. The number of aromatic nitrogens is 2. The van der Waals surface area contributed by atoms with Crippen LogP contribution in [-0.2, 0) is 11.3 Å². The average Bonchev–Trinajstić information content (AvgIpc) is 2.75. The van der Waals surface area contributed by atoms with Gasteiger partial charge in [0.1, 0.15) is 0 Å². The van der Waals surface area contributed by atoms with Crippen LogP contribution in [0.25, 0.3) is 0 Å². The van der Waals surface area contributed by atoms with E-state index in [1.807, 2.05) is 0 Å². The molecular weight excluding hydrogens is 176 g/mol. The van der Waals surface area contributed by atoms with E-state index in [4.69, 9.17) is 4.74 Å². The van der Waals surface area contributed by atoms with Gasteiger partial charge in [-0.1, -0.05) is 13.8 Å². The zero-order valence-corrected chi connectivity index (χ0v) is 8.94. The molecule has 3 heteroatoms. The van der Waals surface area contributed by atoms with Crippen molar-refractivity contribution in [2.45, 2.75) is 32.7 Å². The van der Waals surface area contributed by atoms with Crippen LogP contribution in [0, 0.1) is 5.92 Å². The quantitative estimate of drug-likeness (QED) is 0.736. The molecule has 0 spiro atoms. The van der Waals surface area contributed by atoms with Crippen LogP contribution in [0.1, 0.15) is 31.9 Å². The smallest absolute Gasteiger partial charge is 0.0649 e. The second kappa shape index (κ2) is 4.13. The van der Waals surface area contributed by atoms with Gasteiger partial charge in [0, 0.05) is 25.3 Å². The Kier molecular flexibility index (Phi) is 2.87. The van der Waals surface area contributed by atoms with Crippen molar-refractivity contribution in [2.75, 3.05) is 13.2 Å². The molecule has 1 aromatic heterocycles. The molecule has 1 fully saturated rings. The van der Waals surface area contributed by atoms with Gasteiger partial charge < -0.3 is 4.74 Å². The third kappa shape index (κ3) is 2.15. The molecule has 2 heterocycles. The van der Waals surface area contributed by atoms with Crippen LogP contribution < -0.4 is 0 Å². The Morgan fingerprint density at radius 3 is 3.07 bits per heavy atom. The van der Waals surface area contributed by atoms with Crippen LogP contribution in [0.5, 0.6) is 0 Å². The lowest BCUT2D eigenvalue weighted by atomic mass is 10.1. The highest BCUT2D eigenvalue weighted by Crippen LogP contribution is 2.16. The van der Waals surface area contributed by atoms with E-state index in [0.29, 0.717) is 11.8 Å². The van der Waals surface area contributed by atoms with E-state index in [1.165, 1.54) is 12.1 Å². The van der Waals surface area contributed by atoms with Gasteiger partial charge in [-0.15, -0.1) is 0 Å². The molecule has 1 aliphatic rings. The molecule has 3 nitrogen and oxygen atoms in total. The Morgan fingerprint density at radius 1 is 1.64 bits per heavy atom. The van der Waals surface area contributed by atoms with Gasteiger partial charge in [-0.3, -0.25) is 4.68 Å². The maximum absolute atomic E-state index is 5.34. The summed E-state index contributed by atoms with van der Waals surface area (Å²) in [4.78, 5) is 0. The van der Waals surface area contributed by atoms with Crippen LogP contribution in [0.15, 0.2) is 12.3 Å². The molecule has 0 bridgehead atoms. The van der Waals surface area contributed by atoms with Crippen molar-refractivity contribution >= 4 is 0 Å². The van der Waals surface area contributed by atoms with Crippen molar-refractivity contribution in [2.24, 2.45) is 5.92 Å². The zero-order valence-electron chi connectivity index (χ0n) is 8.94. The molecule has 1 saturated heterocycles. The Bertz CT molecular complexity index is 287. The highest BCUT2D eigenvalue weighted by Gasteiger charge is 2.16. The summed E-state index contributed by atoms with van der Waals surface area (Å²) < 4.78 is 7.39. The number of hydrogen-bond acceptors (Lipinski definition) is 2. The van der Waals surface area contributed by atoms with E-state index in [0.717, 1.165) is 19.8 Å². The summed E-state index contributed by atoms with van der Waals surface area (Å²) in [6.45, 7) is 7.17. The summed E-state index contributed by atoms with van der Waals surface area (Å²) >= 11 is 0. The standard InChI is InChI=1S/C11H18N2O/c1-9(2)11-3-5-13(12-11)7-10-4-6-14-8-10/h3,5,9-10H,4,6-8H2,1-2H3. The van der Waals surface area contributed by atoms with Crippen molar-refractivity contribution in [1.82, 2.24) is 9.78 Å². The van der Waals surface area contributed by atoms with Gasteiger partial charge in [-0.05, 0) is 18.4 Å². The Hall–Kier alpha value is -0.830. The Morgan fingerprint density at radius 2 is 2.50 bits per heavy atom. The molecule has 1 atom stereocenters. The topological polar surface area (TPSA) is 27.1 Å². The normalized spacial score (nSPS) is 22.1. The van der Waals surface area contributed by atoms with Crippen LogP contribution in [0.4, 0.5) is 0 Å². The van der Waals surface area contributed by atoms with E-state index in [1.54, 1.807) is 0 Å². The van der Waals surface area contributed by atoms with E-state index in [2.05, 4.69) is 35.9 Å². The summed E-state index contributed by atoms with van der Waals surface area (Å²) in [5, 5.41) is 4.53. The van der Waals surface area contributed by atoms with Gasteiger partial charge in [0.2, 0.25) is 0 Å². The summed E-state index contributed by atoms with van der Waals surface area (Å²) in [5.41, 5.74) is 1.18. The minimum Gasteiger partial charge on any atom is -0.381 e. The highest BCUT2D eigenvalue weighted by molar-refractivity contribution is 5.03. The molecule has 14 heavy (non-hydrogen) atoms. The van der Waals surface area contributed by atoms with Gasteiger partial charge in [0.05, 0.1) is 12.3 Å². The number of ether oxygens (including phenoxy) is 1. The van der Waals surface area contributed by atoms with E-state index in [9.17, 15) is 0 Å².